The van der Waals surface area contributed by atoms with Gasteiger partial charge in [-0.1, -0.05) is 12.1 Å². The third-order valence-electron chi connectivity index (χ3n) is 5.03. The smallest absolute Gasteiger partial charge is 0.321 e. The minimum Gasteiger partial charge on any atom is -0.475 e. The Kier molecular flexibility index (Phi) is 5.90. The molecule has 2 N–H and O–H groups in total. The molecule has 1 aliphatic rings. The molecule has 0 radical (unpaired) electrons. The Morgan fingerprint density at radius 3 is 2.97 bits per heavy atom. The zero-order valence-electron chi connectivity index (χ0n) is 16.4. The fraction of sp³-hybridized carbons (Fsp3) is 0.381. The molecule has 0 saturated carbocycles. The third kappa shape index (κ3) is 4.65. The molecule has 29 heavy (non-hydrogen) atoms. The number of nitrogens with zero attached hydrogens (tertiary/aromatic N) is 3. The van der Waals surface area contributed by atoms with Gasteiger partial charge in [-0.25, -0.2) is 14.8 Å². The van der Waals surface area contributed by atoms with E-state index in [0.29, 0.717) is 31.3 Å². The molecule has 1 atom stereocenters. The quantitative estimate of drug-likeness (QED) is 0.624. The second-order valence-corrected chi connectivity index (χ2v) is 7.08. The summed E-state index contributed by atoms with van der Waals surface area (Å²) < 4.78 is 10.4. The molecule has 1 fully saturated rings. The fourth-order valence-electron chi connectivity index (χ4n) is 3.52. The lowest BCUT2D eigenvalue weighted by Gasteiger charge is -2.31. The first kappa shape index (κ1) is 19.2. The van der Waals surface area contributed by atoms with E-state index >= 15 is 0 Å². The number of H-pyrrole nitrogens is 1. The van der Waals surface area contributed by atoms with E-state index in [4.69, 9.17) is 14.5 Å². The van der Waals surface area contributed by atoms with Crippen LogP contribution in [-0.4, -0.2) is 59.3 Å². The number of piperidine rings is 1. The molecule has 1 aromatic carbocycles. The van der Waals surface area contributed by atoms with Gasteiger partial charge in [-0.05, 0) is 31.0 Å². The molecule has 0 bridgehead atoms. The molecular formula is C21H25N5O3. The molecule has 152 valence electrons. The first-order valence-electron chi connectivity index (χ1n) is 9.81. The summed E-state index contributed by atoms with van der Waals surface area (Å²) in [6.45, 7) is 2.30. The summed E-state index contributed by atoms with van der Waals surface area (Å²) in [5, 5.41) is 2.92. The number of carbonyl (C=O) groups excluding carboxylic acids is 1. The van der Waals surface area contributed by atoms with Crippen LogP contribution in [0.1, 0.15) is 24.6 Å². The van der Waals surface area contributed by atoms with Crippen LogP contribution in [-0.2, 0) is 4.74 Å². The van der Waals surface area contributed by atoms with Crippen molar-refractivity contribution >= 4 is 22.8 Å². The lowest BCUT2D eigenvalue weighted by Crippen LogP contribution is -2.41. The van der Waals surface area contributed by atoms with Gasteiger partial charge < -0.3 is 24.7 Å². The van der Waals surface area contributed by atoms with Crippen molar-refractivity contribution in [1.29, 1.82) is 0 Å². The maximum Gasteiger partial charge on any atom is 0.321 e. The van der Waals surface area contributed by atoms with Crippen molar-refractivity contribution in [2.75, 3.05) is 38.7 Å². The van der Waals surface area contributed by atoms with Crippen LogP contribution in [0.5, 0.6) is 5.88 Å². The number of rotatable bonds is 6. The Morgan fingerprint density at radius 1 is 1.28 bits per heavy atom. The standard InChI is InChI=1S/C21H25N5O3/c1-28-11-12-29-19-9-8-16(13-22-19)23-21(27)26-10-4-5-15(14-26)20-24-17-6-2-3-7-18(17)25-20/h2-3,6-9,13,15H,4-5,10-12,14H2,1H3,(H,23,27)(H,24,25)/t15-/m1/s1. The van der Waals surface area contributed by atoms with E-state index in [1.807, 2.05) is 29.2 Å². The van der Waals surface area contributed by atoms with Crippen molar-refractivity contribution < 1.29 is 14.3 Å². The van der Waals surface area contributed by atoms with Crippen LogP contribution in [0, 0.1) is 0 Å². The zero-order valence-corrected chi connectivity index (χ0v) is 16.4. The number of imidazole rings is 1. The molecular weight excluding hydrogens is 370 g/mol. The summed E-state index contributed by atoms with van der Waals surface area (Å²) in [5.41, 5.74) is 2.63. The number of carbonyl (C=O) groups is 1. The van der Waals surface area contributed by atoms with E-state index in [0.717, 1.165) is 36.2 Å². The van der Waals surface area contributed by atoms with Gasteiger partial charge in [0.1, 0.15) is 12.4 Å². The lowest BCUT2D eigenvalue weighted by atomic mass is 9.97. The molecule has 0 aliphatic carbocycles. The minimum absolute atomic E-state index is 0.124. The summed E-state index contributed by atoms with van der Waals surface area (Å²) in [6, 6.07) is 11.4. The van der Waals surface area contributed by atoms with Crippen LogP contribution in [0.25, 0.3) is 11.0 Å². The van der Waals surface area contributed by atoms with Crippen LogP contribution < -0.4 is 10.1 Å². The zero-order chi connectivity index (χ0) is 20.1. The molecule has 8 nitrogen and oxygen atoms in total. The van der Waals surface area contributed by atoms with Crippen LogP contribution >= 0.6 is 0 Å². The number of aromatic nitrogens is 3. The highest BCUT2D eigenvalue weighted by Crippen LogP contribution is 2.27. The Labute approximate surface area is 169 Å². The maximum absolute atomic E-state index is 12.7. The predicted molar refractivity (Wildman–Crippen MR) is 110 cm³/mol. The van der Waals surface area contributed by atoms with Gasteiger partial charge in [0.2, 0.25) is 5.88 Å². The van der Waals surface area contributed by atoms with Crippen molar-refractivity contribution in [2.24, 2.45) is 0 Å². The van der Waals surface area contributed by atoms with Crippen molar-refractivity contribution in [1.82, 2.24) is 19.9 Å². The summed E-state index contributed by atoms with van der Waals surface area (Å²) >= 11 is 0. The topological polar surface area (TPSA) is 92.4 Å². The number of fused-ring (bicyclic) bond motifs is 1. The number of aromatic amines is 1. The molecule has 1 saturated heterocycles. The number of anilines is 1. The van der Waals surface area contributed by atoms with Crippen molar-refractivity contribution in [2.45, 2.75) is 18.8 Å². The molecule has 0 spiro atoms. The van der Waals surface area contributed by atoms with E-state index in [9.17, 15) is 4.79 Å². The second-order valence-electron chi connectivity index (χ2n) is 7.08. The van der Waals surface area contributed by atoms with Gasteiger partial charge in [0.05, 0.1) is 29.5 Å². The number of ether oxygens (including phenoxy) is 2. The second kappa shape index (κ2) is 8.91. The van der Waals surface area contributed by atoms with Crippen molar-refractivity contribution in [3.63, 3.8) is 0 Å². The minimum atomic E-state index is -0.124. The molecule has 2 amide bonds. The number of urea groups is 1. The first-order valence-corrected chi connectivity index (χ1v) is 9.81. The van der Waals surface area contributed by atoms with E-state index in [1.54, 1.807) is 25.4 Å². The number of likely N-dealkylation sites (tertiary alicyclic amines) is 1. The largest absolute Gasteiger partial charge is 0.475 e. The van der Waals surface area contributed by atoms with Gasteiger partial charge in [0.25, 0.3) is 0 Å². The van der Waals surface area contributed by atoms with E-state index in [2.05, 4.69) is 15.3 Å². The molecule has 8 heteroatoms. The summed E-state index contributed by atoms with van der Waals surface area (Å²) in [5.74, 6) is 1.66. The predicted octanol–water partition coefficient (Wildman–Crippen LogP) is 3.39. The molecule has 2 aromatic heterocycles. The van der Waals surface area contributed by atoms with Gasteiger partial charge in [-0.2, -0.15) is 0 Å². The Bertz CT molecular complexity index is 923. The number of amides is 2. The molecule has 3 aromatic rings. The monoisotopic (exact) mass is 395 g/mol. The highest BCUT2D eigenvalue weighted by Gasteiger charge is 2.26. The molecule has 0 unspecified atom stereocenters. The van der Waals surface area contributed by atoms with E-state index in [-0.39, 0.29) is 11.9 Å². The fourth-order valence-corrected chi connectivity index (χ4v) is 3.52. The lowest BCUT2D eigenvalue weighted by molar-refractivity contribution is 0.144. The highest BCUT2D eigenvalue weighted by molar-refractivity contribution is 5.89. The molecule has 1 aliphatic heterocycles. The Hall–Kier alpha value is -3.13. The van der Waals surface area contributed by atoms with Gasteiger partial charge in [-0.15, -0.1) is 0 Å². The number of hydrogen-bond acceptors (Lipinski definition) is 5. The molecule has 4 rings (SSSR count). The van der Waals surface area contributed by atoms with Gasteiger partial charge >= 0.3 is 6.03 Å². The first-order chi connectivity index (χ1) is 14.2. The average molecular weight is 395 g/mol. The van der Waals surface area contributed by atoms with Crippen LogP contribution in [0.2, 0.25) is 0 Å². The highest BCUT2D eigenvalue weighted by atomic mass is 16.5. The number of hydrogen-bond donors (Lipinski definition) is 2. The number of nitrogens with one attached hydrogen (secondary N) is 2. The molecule has 3 heterocycles. The maximum atomic E-state index is 12.7. The number of methoxy groups -OCH3 is 1. The number of para-hydroxylation sites is 2. The van der Waals surface area contributed by atoms with Crippen LogP contribution in [0.15, 0.2) is 42.6 Å². The van der Waals surface area contributed by atoms with Crippen molar-refractivity contribution in [3.05, 3.63) is 48.4 Å². The van der Waals surface area contributed by atoms with E-state index < -0.39 is 0 Å². The van der Waals surface area contributed by atoms with Gasteiger partial charge in [-0.3, -0.25) is 0 Å². The Morgan fingerprint density at radius 2 is 2.17 bits per heavy atom. The SMILES string of the molecule is COCCOc1ccc(NC(=O)N2CCC[C@@H](c3nc4ccccc4[nH]3)C2)cn1. The third-order valence-corrected chi connectivity index (χ3v) is 5.03. The van der Waals surface area contributed by atoms with Crippen molar-refractivity contribution in [3.8, 4) is 5.88 Å². The average Bonchev–Trinajstić information content (AvgIpc) is 3.20. The van der Waals surface area contributed by atoms with E-state index in [1.165, 1.54) is 0 Å². The van der Waals surface area contributed by atoms with Crippen LogP contribution in [0.4, 0.5) is 10.5 Å². The van der Waals surface area contributed by atoms with Gasteiger partial charge in [0, 0.05) is 32.2 Å². The Balaban J connectivity index is 1.36. The van der Waals surface area contributed by atoms with Crippen LogP contribution in [0.3, 0.4) is 0 Å². The summed E-state index contributed by atoms with van der Waals surface area (Å²) in [6.07, 6.45) is 3.55. The summed E-state index contributed by atoms with van der Waals surface area (Å²) in [7, 11) is 1.62. The number of benzene rings is 1. The number of pyridine rings is 1. The van der Waals surface area contributed by atoms with Gasteiger partial charge in [0.15, 0.2) is 0 Å². The normalized spacial score (nSPS) is 16.7. The summed E-state index contributed by atoms with van der Waals surface area (Å²) in [4.78, 5) is 26.9.